The van der Waals surface area contributed by atoms with Gasteiger partial charge in [0.15, 0.2) is 0 Å². The van der Waals surface area contributed by atoms with Gasteiger partial charge in [-0.15, -0.1) is 0 Å². The van der Waals surface area contributed by atoms with Crippen LogP contribution in [0.4, 0.5) is 0 Å². The molecule has 0 saturated carbocycles. The van der Waals surface area contributed by atoms with Gasteiger partial charge in [-0.1, -0.05) is 182 Å². The van der Waals surface area contributed by atoms with Gasteiger partial charge in [-0.2, -0.15) is 0 Å². The lowest BCUT2D eigenvalue weighted by Crippen LogP contribution is -2.25. The maximum absolute atomic E-state index is 2.82. The van der Waals surface area contributed by atoms with Gasteiger partial charge in [0.25, 0.3) is 0 Å². The van der Waals surface area contributed by atoms with Crippen molar-refractivity contribution in [3.05, 3.63) is 182 Å². The van der Waals surface area contributed by atoms with E-state index >= 15 is 0 Å². The normalized spacial score (nSPS) is 11.5. The first-order valence-electron chi connectivity index (χ1n) is 14.0. The Morgan fingerprint density at radius 3 is 1.00 bits per heavy atom. The van der Waals surface area contributed by atoms with Crippen LogP contribution in [0.1, 0.15) is 0 Å². The van der Waals surface area contributed by atoms with E-state index in [1.165, 1.54) is 31.8 Å². The molecule has 0 aliphatic rings. The van der Waals surface area contributed by atoms with Gasteiger partial charge in [-0.25, -0.2) is 0 Å². The average Bonchev–Trinajstić information content (AvgIpc) is 3.07. The van der Waals surface area contributed by atoms with Crippen molar-refractivity contribution in [3.63, 3.8) is 0 Å². The third-order valence-electron chi connectivity index (χ3n) is 7.32. The van der Waals surface area contributed by atoms with E-state index in [2.05, 4.69) is 188 Å². The average molecular weight is 583 g/mol. The fraction of sp³-hybridized carbons (Fsp3) is 0.0263. The third kappa shape index (κ3) is 6.38. The van der Waals surface area contributed by atoms with Gasteiger partial charge in [0.2, 0.25) is 0 Å². The van der Waals surface area contributed by atoms with E-state index in [0.717, 1.165) is 5.90 Å². The first-order chi connectivity index (χ1) is 20.3. The molecule has 0 nitrogen and oxygen atoms in total. The fourth-order valence-corrected chi connectivity index (χ4v) is 18.7. The van der Waals surface area contributed by atoms with E-state index in [4.69, 9.17) is 0 Å². The predicted molar refractivity (Wildman–Crippen MR) is 188 cm³/mol. The van der Waals surface area contributed by atoms with Crippen molar-refractivity contribution in [1.29, 1.82) is 0 Å². The molecule has 6 aromatic rings. The van der Waals surface area contributed by atoms with Crippen LogP contribution in [0, 0.1) is 0 Å². The first-order valence-corrected chi connectivity index (χ1v) is 18.9. The van der Waals surface area contributed by atoms with Crippen LogP contribution >= 0.6 is 22.7 Å². The summed E-state index contributed by atoms with van der Waals surface area (Å²) < 4.78 is 0. The van der Waals surface area contributed by atoms with Crippen LogP contribution in [0.25, 0.3) is 0 Å². The van der Waals surface area contributed by atoms with Crippen LogP contribution < -0.4 is 31.8 Å². The van der Waals surface area contributed by atoms with Crippen molar-refractivity contribution in [3.8, 4) is 0 Å². The van der Waals surface area contributed by atoms with Crippen LogP contribution in [0.5, 0.6) is 0 Å². The molecule has 0 fully saturated rings. The minimum atomic E-state index is -2.04. The quantitative estimate of drug-likeness (QED) is 0.154. The molecular weight excluding hydrogens is 549 g/mol. The smallest absolute Gasteiger partial charge is 0.00347 e. The molecule has 0 aliphatic heterocycles. The molecule has 200 valence electrons. The predicted octanol–water partition coefficient (Wildman–Crippen LogP) is 7.64. The second-order valence-corrected chi connectivity index (χ2v) is 18.4. The first kappa shape index (κ1) is 27.6. The molecule has 6 rings (SSSR count). The molecule has 0 N–H and O–H groups in total. The maximum Gasteiger partial charge on any atom is 0.00347 e. The topological polar surface area (TPSA) is 0 Å². The molecule has 0 aliphatic carbocycles. The van der Waals surface area contributed by atoms with Crippen molar-refractivity contribution in [1.82, 2.24) is 0 Å². The molecule has 0 aromatic heterocycles. The van der Waals surface area contributed by atoms with Gasteiger partial charge in [0.1, 0.15) is 0 Å². The van der Waals surface area contributed by atoms with Gasteiger partial charge in [-0.05, 0) is 60.1 Å². The van der Waals surface area contributed by atoms with E-state index in [1.54, 1.807) is 0 Å². The van der Waals surface area contributed by atoms with Crippen molar-refractivity contribution < 1.29 is 0 Å². The Kier molecular flexibility index (Phi) is 9.05. The molecule has 0 spiro atoms. The molecule has 0 unspecified atom stereocenters. The Morgan fingerprint density at radius 1 is 0.366 bits per heavy atom. The Balaban J connectivity index is 1.67. The van der Waals surface area contributed by atoms with Crippen molar-refractivity contribution in [2.45, 2.75) is 0 Å². The number of rotatable bonds is 9. The molecule has 6 aromatic carbocycles. The van der Waals surface area contributed by atoms with E-state index in [0.29, 0.717) is 0 Å². The molecule has 41 heavy (non-hydrogen) atoms. The monoisotopic (exact) mass is 582 g/mol. The highest BCUT2D eigenvalue weighted by atomic mass is 31.2. The van der Waals surface area contributed by atoms with E-state index in [-0.39, 0.29) is 0 Å². The van der Waals surface area contributed by atoms with E-state index in [9.17, 15) is 0 Å². The number of hydrogen-bond donors (Lipinski definition) is 0. The Morgan fingerprint density at radius 2 is 0.659 bits per heavy atom. The number of benzene rings is 6. The maximum atomic E-state index is 2.82. The molecule has 0 bridgehead atoms. The van der Waals surface area contributed by atoms with Crippen LogP contribution in [-0.4, -0.2) is 11.4 Å². The van der Waals surface area contributed by atoms with Gasteiger partial charge < -0.3 is 0 Å². The highest BCUT2D eigenvalue weighted by Gasteiger charge is 2.30. The molecule has 0 saturated heterocycles. The van der Waals surface area contributed by atoms with E-state index in [1.807, 2.05) is 0 Å². The summed E-state index contributed by atoms with van der Waals surface area (Å²) in [5, 5.41) is 8.56. The zero-order valence-electron chi connectivity index (χ0n) is 22.9. The highest BCUT2D eigenvalue weighted by molar-refractivity contribution is 8.08. The van der Waals surface area contributed by atoms with Crippen LogP contribution in [0.2, 0.25) is 0 Å². The summed E-state index contributed by atoms with van der Waals surface area (Å²) in [6.07, 6.45) is 0. The van der Waals surface area contributed by atoms with Crippen molar-refractivity contribution in [2.24, 2.45) is 0 Å². The van der Waals surface area contributed by atoms with Gasteiger partial charge in [0.05, 0.1) is 0 Å². The lowest BCUT2D eigenvalue weighted by Gasteiger charge is -2.34. The minimum Gasteiger partial charge on any atom is -0.0622 e. The number of hydrogen-bond acceptors (Lipinski definition) is 0. The van der Waals surface area contributed by atoms with Gasteiger partial charge in [0, 0.05) is 5.90 Å². The highest BCUT2D eigenvalue weighted by Crippen LogP contribution is 2.58. The lowest BCUT2D eigenvalue weighted by atomic mass is 10.4. The Bertz CT molecular complexity index is 1560. The van der Waals surface area contributed by atoms with Gasteiger partial charge in [-0.3, -0.25) is 0 Å². The third-order valence-corrected chi connectivity index (χ3v) is 18.7. The second-order valence-electron chi connectivity index (χ2n) is 9.94. The van der Waals surface area contributed by atoms with Crippen LogP contribution in [0.15, 0.2) is 182 Å². The zero-order valence-corrected chi connectivity index (χ0v) is 25.6. The van der Waals surface area contributed by atoms with Crippen molar-refractivity contribution in [2.75, 3.05) is 5.90 Å². The lowest BCUT2D eigenvalue weighted by molar-refractivity contribution is 1.73. The van der Waals surface area contributed by atoms with Crippen LogP contribution in [0.3, 0.4) is 0 Å². The van der Waals surface area contributed by atoms with Gasteiger partial charge >= 0.3 is 0 Å². The summed E-state index contributed by atoms with van der Waals surface area (Å²) in [6.45, 7) is -2.04. The SMILES string of the molecule is C(P(c1ccccc1)c1ccccc1)=P(CP(c1ccccc1)c1ccccc1)(c1ccccc1)c1ccccc1. The summed E-state index contributed by atoms with van der Waals surface area (Å²) in [6, 6.07) is 67.4. The summed E-state index contributed by atoms with van der Waals surface area (Å²) in [7, 11) is -1.35. The summed E-state index contributed by atoms with van der Waals surface area (Å²) in [5.41, 5.74) is 2.82. The summed E-state index contributed by atoms with van der Waals surface area (Å²) >= 11 is 0. The van der Waals surface area contributed by atoms with Crippen LogP contribution in [-0.2, 0) is 0 Å². The minimum absolute atomic E-state index is 0.626. The molecule has 0 atom stereocenters. The second kappa shape index (κ2) is 13.4. The molecule has 0 heterocycles. The summed E-state index contributed by atoms with van der Waals surface area (Å²) in [4.78, 5) is 0. The zero-order chi connectivity index (χ0) is 27.7. The molecule has 3 heteroatoms. The van der Waals surface area contributed by atoms with E-state index < -0.39 is 22.7 Å². The molecule has 0 amide bonds. The standard InChI is InChI=1S/C38H33P3/c1-7-19-33(20-8-1)39(34-21-9-2-10-22-34)31-41(37-27-15-5-16-28-37,38-29-17-6-18-30-38)32-40(35-23-11-3-12-24-35)36-25-13-4-14-26-36/h1-31H,32H2. The molecule has 0 radical (unpaired) electrons. The fourth-order valence-electron chi connectivity index (χ4n) is 5.28. The summed E-state index contributed by atoms with van der Waals surface area (Å²) in [5.74, 6) is 1.09. The Labute approximate surface area is 247 Å². The largest absolute Gasteiger partial charge is 0.0622 e. The molecular formula is C38H33P3. The Hall–Kier alpha value is -3.52. The van der Waals surface area contributed by atoms with Crippen molar-refractivity contribution >= 4 is 60.1 Å².